The summed E-state index contributed by atoms with van der Waals surface area (Å²) in [5.41, 5.74) is 8.42. The fraction of sp³-hybridized carbons (Fsp3) is 0.500. The number of nitrogens with two attached hydrogens (primary N) is 1. The second-order valence-electron chi connectivity index (χ2n) is 5.64. The number of aliphatic hydroxyl groups excluding tert-OH is 1. The Balaban J connectivity index is 1.92. The zero-order valence-corrected chi connectivity index (χ0v) is 12.9. The molecule has 6 heteroatoms. The molecule has 4 N–H and O–H groups in total. The van der Waals surface area contributed by atoms with E-state index in [2.05, 4.69) is 33.1 Å². The predicted molar refractivity (Wildman–Crippen MR) is 81.7 cm³/mol. The minimum absolute atomic E-state index is 0.170. The van der Waals surface area contributed by atoms with E-state index < -0.39 is 6.04 Å². The van der Waals surface area contributed by atoms with E-state index in [-0.39, 0.29) is 12.0 Å². The van der Waals surface area contributed by atoms with E-state index in [1.54, 1.807) is 0 Å². The fourth-order valence-corrected chi connectivity index (χ4v) is 3.42. The van der Waals surface area contributed by atoms with Crippen molar-refractivity contribution < 1.29 is 9.90 Å². The van der Waals surface area contributed by atoms with Gasteiger partial charge in [0.15, 0.2) is 0 Å². The van der Waals surface area contributed by atoms with Crippen LogP contribution in [-0.4, -0.2) is 30.2 Å². The first-order valence-electron chi connectivity index (χ1n) is 6.80. The molecule has 1 aromatic rings. The summed E-state index contributed by atoms with van der Waals surface area (Å²) >= 11 is 3.55. The number of hydrogen-bond acceptors (Lipinski definition) is 4. The van der Waals surface area contributed by atoms with Crippen LogP contribution in [0, 0.1) is 5.92 Å². The van der Waals surface area contributed by atoms with Crippen molar-refractivity contribution in [2.24, 2.45) is 11.7 Å². The van der Waals surface area contributed by atoms with Gasteiger partial charge in [0.25, 0.3) is 0 Å². The molecule has 1 saturated heterocycles. The number of fused-ring (bicyclic) bond motifs is 1. The van der Waals surface area contributed by atoms with E-state index >= 15 is 0 Å². The zero-order valence-electron chi connectivity index (χ0n) is 11.3. The molecule has 0 bridgehead atoms. The van der Waals surface area contributed by atoms with Gasteiger partial charge in [0.05, 0.1) is 11.8 Å². The maximum absolute atomic E-state index is 11.6. The van der Waals surface area contributed by atoms with Gasteiger partial charge >= 0.3 is 0 Å². The number of amides is 1. The molecule has 0 aliphatic carbocycles. The van der Waals surface area contributed by atoms with E-state index in [0.29, 0.717) is 12.5 Å². The number of piperidine rings is 1. The average Bonchev–Trinajstić information content (AvgIpc) is 2.68. The van der Waals surface area contributed by atoms with Crippen LogP contribution in [0.5, 0.6) is 0 Å². The van der Waals surface area contributed by atoms with Gasteiger partial charge < -0.3 is 21.1 Å². The molecule has 20 heavy (non-hydrogen) atoms. The molecule has 0 aromatic heterocycles. The normalized spacial score (nSPS) is 29.3. The molecule has 1 fully saturated rings. The number of benzene rings is 1. The minimum Gasteiger partial charge on any atom is -0.391 e. The van der Waals surface area contributed by atoms with E-state index in [4.69, 9.17) is 5.73 Å². The number of nitrogens with one attached hydrogen (secondary N) is 1. The first-order valence-corrected chi connectivity index (χ1v) is 7.59. The summed E-state index contributed by atoms with van der Waals surface area (Å²) in [6.07, 6.45) is 0.636. The van der Waals surface area contributed by atoms with Crippen LogP contribution in [-0.2, 0) is 4.79 Å². The zero-order chi connectivity index (χ0) is 14.4. The van der Waals surface area contributed by atoms with Gasteiger partial charge in [-0.1, -0.05) is 6.92 Å². The van der Waals surface area contributed by atoms with E-state index in [1.165, 1.54) is 0 Å². The Kier molecular flexibility index (Phi) is 3.48. The Morgan fingerprint density at radius 1 is 1.50 bits per heavy atom. The van der Waals surface area contributed by atoms with Crippen molar-refractivity contribution in [1.29, 1.82) is 0 Å². The largest absolute Gasteiger partial charge is 0.391 e. The quantitative estimate of drug-likeness (QED) is 0.726. The molecule has 3 rings (SSSR count). The Labute approximate surface area is 126 Å². The van der Waals surface area contributed by atoms with Gasteiger partial charge in [0, 0.05) is 28.8 Å². The van der Waals surface area contributed by atoms with Gasteiger partial charge in [0.1, 0.15) is 6.04 Å². The van der Waals surface area contributed by atoms with Crippen LogP contribution in [0.1, 0.15) is 24.9 Å². The summed E-state index contributed by atoms with van der Waals surface area (Å²) in [4.78, 5) is 13.8. The Morgan fingerprint density at radius 3 is 2.95 bits per heavy atom. The first kappa shape index (κ1) is 13.9. The molecular weight excluding hydrogens is 322 g/mol. The van der Waals surface area contributed by atoms with Crippen LogP contribution in [0.2, 0.25) is 0 Å². The molecule has 3 atom stereocenters. The van der Waals surface area contributed by atoms with Gasteiger partial charge in [0.2, 0.25) is 5.91 Å². The third kappa shape index (κ3) is 2.21. The molecule has 2 aliphatic rings. The monoisotopic (exact) mass is 339 g/mol. The Morgan fingerprint density at radius 2 is 2.25 bits per heavy atom. The summed E-state index contributed by atoms with van der Waals surface area (Å²) in [6, 6.07) is 3.24. The van der Waals surface area contributed by atoms with Gasteiger partial charge in [-0.05, 0) is 40.4 Å². The molecule has 0 spiro atoms. The van der Waals surface area contributed by atoms with Crippen molar-refractivity contribution in [1.82, 2.24) is 0 Å². The number of β-amino-alcohol motifs (C(OH)–C–C–N with tert-alkyl or cyclic N) is 1. The number of rotatable bonds is 1. The predicted octanol–water partition coefficient (Wildman–Crippen LogP) is 1.61. The number of carbonyl (C=O) groups excluding carboxylic acids is 1. The molecular formula is C14H18BrN3O2. The van der Waals surface area contributed by atoms with Gasteiger partial charge in [-0.25, -0.2) is 0 Å². The molecule has 5 nitrogen and oxygen atoms in total. The summed E-state index contributed by atoms with van der Waals surface area (Å²) in [6.45, 7) is 3.58. The number of carbonyl (C=O) groups is 1. The van der Waals surface area contributed by atoms with Crippen molar-refractivity contribution in [3.63, 3.8) is 0 Å². The minimum atomic E-state index is -0.595. The second kappa shape index (κ2) is 5.02. The molecule has 1 aromatic carbocycles. The van der Waals surface area contributed by atoms with Gasteiger partial charge in [-0.2, -0.15) is 0 Å². The van der Waals surface area contributed by atoms with Crippen molar-refractivity contribution in [2.45, 2.75) is 25.5 Å². The first-order chi connectivity index (χ1) is 9.47. The lowest BCUT2D eigenvalue weighted by Crippen LogP contribution is -2.43. The van der Waals surface area contributed by atoms with Crippen molar-refractivity contribution in [2.75, 3.05) is 23.3 Å². The van der Waals surface area contributed by atoms with E-state index in [0.717, 1.165) is 34.4 Å². The molecule has 108 valence electrons. The highest BCUT2D eigenvalue weighted by Crippen LogP contribution is 2.39. The fourth-order valence-electron chi connectivity index (χ4n) is 2.80. The molecule has 1 amide bonds. The molecule has 2 aliphatic heterocycles. The van der Waals surface area contributed by atoms with E-state index in [9.17, 15) is 9.90 Å². The van der Waals surface area contributed by atoms with Crippen LogP contribution < -0.4 is 16.0 Å². The molecule has 0 saturated carbocycles. The lowest BCUT2D eigenvalue weighted by Gasteiger charge is -2.36. The Hall–Kier alpha value is -1.11. The number of halogens is 1. The molecule has 0 radical (unpaired) electrons. The lowest BCUT2D eigenvalue weighted by molar-refractivity contribution is -0.116. The summed E-state index contributed by atoms with van der Waals surface area (Å²) in [7, 11) is 0. The number of hydrogen-bond donors (Lipinski definition) is 3. The molecule has 2 heterocycles. The standard InChI is InChI=1S/C14H18BrN3O2/c1-7-2-3-18(6-12(7)19)11-5-10-8(4-9(11)15)13(16)14(20)17-10/h4-5,7,12-13,19H,2-3,6,16H2,1H3,(H,17,20). The Bertz CT molecular complexity index is 564. The van der Waals surface area contributed by atoms with E-state index in [1.807, 2.05) is 12.1 Å². The highest BCUT2D eigenvalue weighted by molar-refractivity contribution is 9.10. The number of aliphatic hydroxyl groups is 1. The average molecular weight is 340 g/mol. The summed E-state index contributed by atoms with van der Waals surface area (Å²) in [5.74, 6) is 0.156. The third-order valence-electron chi connectivity index (χ3n) is 4.25. The summed E-state index contributed by atoms with van der Waals surface area (Å²) in [5, 5.41) is 12.8. The van der Waals surface area contributed by atoms with Crippen LogP contribution in [0.4, 0.5) is 11.4 Å². The van der Waals surface area contributed by atoms with Crippen LogP contribution >= 0.6 is 15.9 Å². The summed E-state index contributed by atoms with van der Waals surface area (Å²) < 4.78 is 0.907. The van der Waals surface area contributed by atoms with Crippen LogP contribution in [0.3, 0.4) is 0 Å². The highest BCUT2D eigenvalue weighted by Gasteiger charge is 2.30. The lowest BCUT2D eigenvalue weighted by atomic mass is 9.95. The second-order valence-corrected chi connectivity index (χ2v) is 6.49. The number of nitrogens with zero attached hydrogens (tertiary/aromatic N) is 1. The van der Waals surface area contributed by atoms with Crippen LogP contribution in [0.15, 0.2) is 16.6 Å². The van der Waals surface area contributed by atoms with Gasteiger partial charge in [-0.3, -0.25) is 4.79 Å². The smallest absolute Gasteiger partial charge is 0.245 e. The SMILES string of the molecule is CC1CCN(c2cc3c(cc2Br)C(N)C(=O)N3)CC1O. The third-order valence-corrected chi connectivity index (χ3v) is 4.89. The van der Waals surface area contributed by atoms with Crippen LogP contribution in [0.25, 0.3) is 0 Å². The highest BCUT2D eigenvalue weighted by atomic mass is 79.9. The maximum atomic E-state index is 11.6. The topological polar surface area (TPSA) is 78.6 Å². The van der Waals surface area contributed by atoms with Crippen molar-refractivity contribution in [3.05, 3.63) is 22.2 Å². The van der Waals surface area contributed by atoms with Crippen molar-refractivity contribution >= 4 is 33.2 Å². The maximum Gasteiger partial charge on any atom is 0.245 e. The molecule has 3 unspecified atom stereocenters. The van der Waals surface area contributed by atoms with Crippen molar-refractivity contribution in [3.8, 4) is 0 Å². The van der Waals surface area contributed by atoms with Gasteiger partial charge in [-0.15, -0.1) is 0 Å². The number of anilines is 2.